The first-order chi connectivity index (χ1) is 9.11. The van der Waals surface area contributed by atoms with Crippen LogP contribution in [0.25, 0.3) is 0 Å². The highest BCUT2D eigenvalue weighted by atomic mass is 35.5. The Labute approximate surface area is 122 Å². The average Bonchev–Trinajstić information content (AvgIpc) is 2.42. The highest BCUT2D eigenvalue weighted by molar-refractivity contribution is 6.42. The summed E-state index contributed by atoms with van der Waals surface area (Å²) in [5.74, 6) is 0.253. The monoisotopic (exact) mass is 302 g/mol. The van der Waals surface area contributed by atoms with E-state index in [9.17, 15) is 4.79 Å². The zero-order valence-electron chi connectivity index (χ0n) is 10.6. The van der Waals surface area contributed by atoms with Gasteiger partial charge in [0.2, 0.25) is 0 Å². The van der Waals surface area contributed by atoms with Crippen LogP contribution < -0.4 is 15.4 Å². The SMILES string of the molecule is COc1cc(Cl)c(Cl)cc1C(=O)NC1CCNCC1. The molecule has 1 fully saturated rings. The second kappa shape index (κ2) is 6.46. The van der Waals surface area contributed by atoms with Crippen LogP contribution in [0.15, 0.2) is 12.1 Å². The number of ether oxygens (including phenoxy) is 1. The normalized spacial score (nSPS) is 16.2. The Balaban J connectivity index is 2.15. The van der Waals surface area contributed by atoms with Crippen molar-refractivity contribution in [2.75, 3.05) is 20.2 Å². The van der Waals surface area contributed by atoms with Gasteiger partial charge in [-0.1, -0.05) is 23.2 Å². The first kappa shape index (κ1) is 14.4. The van der Waals surface area contributed by atoms with E-state index in [0.717, 1.165) is 25.9 Å². The minimum absolute atomic E-state index is 0.178. The summed E-state index contributed by atoms with van der Waals surface area (Å²) in [6.07, 6.45) is 1.85. The molecule has 0 unspecified atom stereocenters. The van der Waals surface area contributed by atoms with E-state index in [2.05, 4.69) is 10.6 Å². The number of methoxy groups -OCH3 is 1. The summed E-state index contributed by atoms with van der Waals surface area (Å²) in [5.41, 5.74) is 0.412. The van der Waals surface area contributed by atoms with Crippen LogP contribution >= 0.6 is 23.2 Å². The standard InChI is InChI=1S/C13H16Cl2N2O2/c1-19-12-7-11(15)10(14)6-9(12)13(18)17-8-2-4-16-5-3-8/h6-8,16H,2-5H2,1H3,(H,17,18). The topological polar surface area (TPSA) is 50.4 Å². The molecule has 0 bridgehead atoms. The molecule has 0 aromatic heterocycles. The summed E-state index contributed by atoms with van der Waals surface area (Å²) in [4.78, 5) is 12.2. The quantitative estimate of drug-likeness (QED) is 0.902. The summed E-state index contributed by atoms with van der Waals surface area (Å²) < 4.78 is 5.18. The van der Waals surface area contributed by atoms with Gasteiger partial charge < -0.3 is 15.4 Å². The van der Waals surface area contributed by atoms with E-state index >= 15 is 0 Å². The van der Waals surface area contributed by atoms with E-state index in [4.69, 9.17) is 27.9 Å². The van der Waals surface area contributed by atoms with Crippen molar-refractivity contribution in [3.63, 3.8) is 0 Å². The van der Waals surface area contributed by atoms with Gasteiger partial charge >= 0.3 is 0 Å². The van der Waals surface area contributed by atoms with Crippen molar-refractivity contribution in [2.24, 2.45) is 0 Å². The third-order valence-electron chi connectivity index (χ3n) is 3.16. The molecule has 1 saturated heterocycles. The second-order valence-electron chi connectivity index (χ2n) is 4.46. The van der Waals surface area contributed by atoms with Gasteiger partial charge in [-0.2, -0.15) is 0 Å². The Morgan fingerprint density at radius 2 is 1.95 bits per heavy atom. The third kappa shape index (κ3) is 3.53. The molecule has 1 aromatic carbocycles. The van der Waals surface area contributed by atoms with Gasteiger partial charge in [-0.05, 0) is 32.0 Å². The molecule has 0 saturated carbocycles. The lowest BCUT2D eigenvalue weighted by atomic mass is 10.1. The number of carbonyl (C=O) groups is 1. The van der Waals surface area contributed by atoms with Crippen molar-refractivity contribution < 1.29 is 9.53 Å². The van der Waals surface area contributed by atoms with Crippen molar-refractivity contribution in [2.45, 2.75) is 18.9 Å². The first-order valence-corrected chi connectivity index (χ1v) is 6.92. The molecule has 0 atom stereocenters. The number of benzene rings is 1. The van der Waals surface area contributed by atoms with Crippen LogP contribution in [-0.4, -0.2) is 32.1 Å². The molecule has 1 heterocycles. The number of amides is 1. The largest absolute Gasteiger partial charge is 0.496 e. The van der Waals surface area contributed by atoms with Crippen molar-refractivity contribution in [1.82, 2.24) is 10.6 Å². The van der Waals surface area contributed by atoms with E-state index in [-0.39, 0.29) is 11.9 Å². The molecule has 2 N–H and O–H groups in total. The van der Waals surface area contributed by atoms with Gasteiger partial charge in [-0.25, -0.2) is 0 Å². The van der Waals surface area contributed by atoms with E-state index in [1.807, 2.05) is 0 Å². The molecule has 19 heavy (non-hydrogen) atoms. The first-order valence-electron chi connectivity index (χ1n) is 6.16. The lowest BCUT2D eigenvalue weighted by molar-refractivity contribution is 0.0926. The lowest BCUT2D eigenvalue weighted by Gasteiger charge is -2.24. The molecule has 1 aromatic rings. The fourth-order valence-corrected chi connectivity index (χ4v) is 2.42. The minimum Gasteiger partial charge on any atom is -0.496 e. The van der Waals surface area contributed by atoms with E-state index in [1.54, 1.807) is 12.1 Å². The van der Waals surface area contributed by atoms with Gasteiger partial charge in [0.05, 0.1) is 22.7 Å². The maximum atomic E-state index is 12.2. The van der Waals surface area contributed by atoms with Crippen LogP contribution in [0.5, 0.6) is 5.75 Å². The number of rotatable bonds is 3. The van der Waals surface area contributed by atoms with Crippen LogP contribution in [-0.2, 0) is 0 Å². The van der Waals surface area contributed by atoms with E-state index in [1.165, 1.54) is 7.11 Å². The highest BCUT2D eigenvalue weighted by Gasteiger charge is 2.20. The Morgan fingerprint density at radius 3 is 2.58 bits per heavy atom. The maximum Gasteiger partial charge on any atom is 0.255 e. The number of hydrogen-bond acceptors (Lipinski definition) is 3. The third-order valence-corrected chi connectivity index (χ3v) is 3.88. The molecule has 0 radical (unpaired) electrons. The van der Waals surface area contributed by atoms with E-state index < -0.39 is 0 Å². The fraction of sp³-hybridized carbons (Fsp3) is 0.462. The predicted octanol–water partition coefficient (Wildman–Crippen LogP) is 2.48. The van der Waals surface area contributed by atoms with Gasteiger partial charge in [0, 0.05) is 12.1 Å². The Hall–Kier alpha value is -0.970. The molecule has 104 valence electrons. The molecule has 1 aliphatic rings. The molecule has 6 heteroatoms. The van der Waals surface area contributed by atoms with Crippen LogP contribution in [0.2, 0.25) is 10.0 Å². The summed E-state index contributed by atoms with van der Waals surface area (Å²) >= 11 is 11.9. The molecule has 0 spiro atoms. The number of halogens is 2. The van der Waals surface area contributed by atoms with Crippen molar-refractivity contribution in [3.05, 3.63) is 27.7 Å². The molecule has 4 nitrogen and oxygen atoms in total. The van der Waals surface area contributed by atoms with Crippen molar-refractivity contribution in [3.8, 4) is 5.75 Å². The summed E-state index contributed by atoms with van der Waals surface area (Å²) in [5, 5.41) is 6.97. The van der Waals surface area contributed by atoms with Gasteiger partial charge in [0.1, 0.15) is 5.75 Å². The van der Waals surface area contributed by atoms with Crippen LogP contribution in [0.3, 0.4) is 0 Å². The Bertz CT molecular complexity index is 474. The molecular formula is C13H16Cl2N2O2. The van der Waals surface area contributed by atoms with Gasteiger partial charge in [-0.15, -0.1) is 0 Å². The Morgan fingerprint density at radius 1 is 1.32 bits per heavy atom. The lowest BCUT2D eigenvalue weighted by Crippen LogP contribution is -2.42. The minimum atomic E-state index is -0.178. The zero-order chi connectivity index (χ0) is 13.8. The summed E-state index contributed by atoms with van der Waals surface area (Å²) in [7, 11) is 1.50. The molecule has 2 rings (SSSR count). The highest BCUT2D eigenvalue weighted by Crippen LogP contribution is 2.30. The zero-order valence-corrected chi connectivity index (χ0v) is 12.1. The number of hydrogen-bond donors (Lipinski definition) is 2. The van der Waals surface area contributed by atoms with Gasteiger partial charge in [-0.3, -0.25) is 4.79 Å². The Kier molecular flexibility index (Phi) is 4.91. The second-order valence-corrected chi connectivity index (χ2v) is 5.28. The molecular weight excluding hydrogens is 287 g/mol. The maximum absolute atomic E-state index is 12.2. The summed E-state index contributed by atoms with van der Waals surface area (Å²) in [6.45, 7) is 1.84. The average molecular weight is 303 g/mol. The van der Waals surface area contributed by atoms with Crippen LogP contribution in [0, 0.1) is 0 Å². The summed E-state index contributed by atoms with van der Waals surface area (Å²) in [6, 6.07) is 3.29. The fourth-order valence-electron chi connectivity index (χ4n) is 2.10. The van der Waals surface area contributed by atoms with Crippen molar-refractivity contribution >= 4 is 29.1 Å². The number of piperidine rings is 1. The van der Waals surface area contributed by atoms with Crippen LogP contribution in [0.1, 0.15) is 23.2 Å². The molecule has 1 amide bonds. The number of nitrogens with one attached hydrogen (secondary N) is 2. The van der Waals surface area contributed by atoms with E-state index in [0.29, 0.717) is 21.4 Å². The van der Waals surface area contributed by atoms with Crippen molar-refractivity contribution in [1.29, 1.82) is 0 Å². The van der Waals surface area contributed by atoms with Crippen LogP contribution in [0.4, 0.5) is 0 Å². The smallest absolute Gasteiger partial charge is 0.255 e. The molecule has 0 aliphatic carbocycles. The number of carbonyl (C=O) groups excluding carboxylic acids is 1. The predicted molar refractivity (Wildman–Crippen MR) is 76.4 cm³/mol. The van der Waals surface area contributed by atoms with Gasteiger partial charge in [0.15, 0.2) is 0 Å². The van der Waals surface area contributed by atoms with Gasteiger partial charge in [0.25, 0.3) is 5.91 Å². The molecule has 1 aliphatic heterocycles.